The van der Waals surface area contributed by atoms with Gasteiger partial charge in [0.2, 0.25) is 0 Å². The van der Waals surface area contributed by atoms with Crippen molar-refractivity contribution in [1.29, 1.82) is 0 Å². The van der Waals surface area contributed by atoms with E-state index in [1.807, 2.05) is 5.32 Å². The minimum atomic E-state index is -3.00. The number of amides is 2. The molecule has 0 aliphatic carbocycles. The van der Waals surface area contributed by atoms with Gasteiger partial charge in [-0.3, -0.25) is 4.79 Å². The zero-order valence-corrected chi connectivity index (χ0v) is 11.9. The quantitative estimate of drug-likeness (QED) is 0.805. The Bertz CT molecular complexity index is 394. The van der Waals surface area contributed by atoms with Crippen LogP contribution in [-0.4, -0.2) is 47.6 Å². The van der Waals surface area contributed by atoms with Gasteiger partial charge in [0.1, 0.15) is 5.60 Å². The summed E-state index contributed by atoms with van der Waals surface area (Å²) in [4.78, 5) is 24.7. The van der Waals surface area contributed by atoms with Gasteiger partial charge in [-0.25, -0.2) is 13.6 Å². The lowest BCUT2D eigenvalue weighted by atomic mass is 10.0. The topological polar surface area (TPSA) is 58.6 Å². The molecule has 1 saturated heterocycles. The van der Waals surface area contributed by atoms with E-state index in [1.165, 1.54) is 11.0 Å². The first kappa shape index (κ1) is 16.4. The molecule has 0 aromatic heterocycles. The summed E-state index contributed by atoms with van der Waals surface area (Å²) in [7, 11) is 0. The normalized spacial score (nSPS) is 20.1. The number of ether oxygens (including phenoxy) is 1. The molecule has 2 amide bonds. The molecule has 1 heterocycles. The van der Waals surface area contributed by atoms with Crippen LogP contribution < -0.4 is 5.32 Å². The van der Waals surface area contributed by atoms with Crippen molar-refractivity contribution in [2.24, 2.45) is 0 Å². The third kappa shape index (κ3) is 4.18. The van der Waals surface area contributed by atoms with Crippen LogP contribution in [0.4, 0.5) is 13.6 Å². The summed E-state index contributed by atoms with van der Waals surface area (Å²) in [6.07, 6.45) is -1.82. The molecule has 1 aliphatic heterocycles. The number of carbonyl (C=O) groups excluding carboxylic acids is 2. The number of carbonyl (C=O) groups is 2. The average molecular weight is 290 g/mol. The summed E-state index contributed by atoms with van der Waals surface area (Å²) in [5.74, 6) is -0.818. The Balaban J connectivity index is 2.67. The van der Waals surface area contributed by atoms with Crippen LogP contribution in [0.2, 0.25) is 0 Å². The lowest BCUT2D eigenvalue weighted by molar-refractivity contribution is -0.143. The molecule has 20 heavy (non-hydrogen) atoms. The Morgan fingerprint density at radius 3 is 2.40 bits per heavy atom. The minimum Gasteiger partial charge on any atom is -0.444 e. The standard InChI is InChI=1S/C13H20F2N2O3/c1-5-8-6-7-17(8)11(18)9(10(14)15)16-12(19)20-13(2,3)4/h5,8-10H,1,6-7H2,2-4H3,(H,16,19)/t8-,9?/m0/s1. The van der Waals surface area contributed by atoms with E-state index in [-0.39, 0.29) is 6.04 Å². The number of halogens is 2. The number of alkyl halides is 2. The van der Waals surface area contributed by atoms with Crippen molar-refractivity contribution in [3.8, 4) is 0 Å². The van der Waals surface area contributed by atoms with Crippen molar-refractivity contribution in [2.75, 3.05) is 6.54 Å². The molecular formula is C13H20F2N2O3. The van der Waals surface area contributed by atoms with E-state index < -0.39 is 30.1 Å². The molecule has 1 fully saturated rings. The lowest BCUT2D eigenvalue weighted by Crippen LogP contribution is -2.59. The first-order valence-corrected chi connectivity index (χ1v) is 6.36. The molecule has 1 aliphatic rings. The third-order valence-electron chi connectivity index (χ3n) is 2.81. The fourth-order valence-electron chi connectivity index (χ4n) is 1.77. The minimum absolute atomic E-state index is 0.246. The van der Waals surface area contributed by atoms with E-state index in [9.17, 15) is 18.4 Å². The van der Waals surface area contributed by atoms with Gasteiger partial charge in [0.15, 0.2) is 6.04 Å². The summed E-state index contributed by atoms with van der Waals surface area (Å²) in [5.41, 5.74) is -0.819. The number of nitrogens with zero attached hydrogens (tertiary/aromatic N) is 1. The van der Waals surface area contributed by atoms with E-state index in [1.54, 1.807) is 20.8 Å². The van der Waals surface area contributed by atoms with Crippen LogP contribution in [-0.2, 0) is 9.53 Å². The van der Waals surface area contributed by atoms with Crippen molar-refractivity contribution in [1.82, 2.24) is 10.2 Å². The van der Waals surface area contributed by atoms with Crippen LogP contribution >= 0.6 is 0 Å². The Hall–Kier alpha value is -1.66. The number of likely N-dealkylation sites (tertiary alicyclic amines) is 1. The Morgan fingerprint density at radius 2 is 2.05 bits per heavy atom. The lowest BCUT2D eigenvalue weighted by Gasteiger charge is -2.41. The second-order valence-corrected chi connectivity index (χ2v) is 5.58. The maximum Gasteiger partial charge on any atom is 0.408 e. The summed E-state index contributed by atoms with van der Waals surface area (Å²) >= 11 is 0. The monoisotopic (exact) mass is 290 g/mol. The summed E-state index contributed by atoms with van der Waals surface area (Å²) in [6, 6.07) is -2.14. The zero-order chi connectivity index (χ0) is 15.5. The molecule has 5 nitrogen and oxygen atoms in total. The smallest absolute Gasteiger partial charge is 0.408 e. The van der Waals surface area contributed by atoms with Crippen LogP contribution in [0.15, 0.2) is 12.7 Å². The predicted octanol–water partition coefficient (Wildman–Crippen LogP) is 1.93. The second kappa shape index (κ2) is 6.19. The molecule has 0 saturated carbocycles. The fourth-order valence-corrected chi connectivity index (χ4v) is 1.77. The molecule has 0 bridgehead atoms. The number of hydrogen-bond donors (Lipinski definition) is 1. The summed E-state index contributed by atoms with van der Waals surface area (Å²) in [5, 5.41) is 1.93. The van der Waals surface area contributed by atoms with Crippen molar-refractivity contribution in [3.63, 3.8) is 0 Å². The van der Waals surface area contributed by atoms with Gasteiger partial charge in [0, 0.05) is 6.54 Å². The van der Waals surface area contributed by atoms with E-state index in [2.05, 4.69) is 6.58 Å². The van der Waals surface area contributed by atoms with Gasteiger partial charge < -0.3 is 15.0 Å². The molecule has 2 atom stereocenters. The highest BCUT2D eigenvalue weighted by atomic mass is 19.3. The molecular weight excluding hydrogens is 270 g/mol. The van der Waals surface area contributed by atoms with E-state index >= 15 is 0 Å². The van der Waals surface area contributed by atoms with Crippen molar-refractivity contribution >= 4 is 12.0 Å². The largest absolute Gasteiger partial charge is 0.444 e. The SMILES string of the molecule is C=C[C@H]1CCN1C(=O)C(NC(=O)OC(C)(C)C)C(F)F. The average Bonchev–Trinajstić information content (AvgIpc) is 2.21. The van der Waals surface area contributed by atoms with Gasteiger partial charge in [0.25, 0.3) is 12.3 Å². The van der Waals surface area contributed by atoms with Crippen LogP contribution in [0.25, 0.3) is 0 Å². The molecule has 0 radical (unpaired) electrons. The van der Waals surface area contributed by atoms with E-state index in [0.29, 0.717) is 13.0 Å². The van der Waals surface area contributed by atoms with Crippen LogP contribution in [0, 0.1) is 0 Å². The maximum atomic E-state index is 13.0. The van der Waals surface area contributed by atoms with Crippen LogP contribution in [0.1, 0.15) is 27.2 Å². The molecule has 114 valence electrons. The van der Waals surface area contributed by atoms with Crippen LogP contribution in [0.5, 0.6) is 0 Å². The molecule has 0 aromatic rings. The Kier molecular flexibility index (Phi) is 5.08. The summed E-state index contributed by atoms with van der Waals surface area (Å²) < 4.78 is 30.8. The summed E-state index contributed by atoms with van der Waals surface area (Å²) in [6.45, 7) is 8.74. The Labute approximate surface area is 117 Å². The van der Waals surface area contributed by atoms with Crippen molar-refractivity contribution in [3.05, 3.63) is 12.7 Å². The highest BCUT2D eigenvalue weighted by Gasteiger charge is 2.39. The highest BCUT2D eigenvalue weighted by Crippen LogP contribution is 2.21. The first-order valence-electron chi connectivity index (χ1n) is 6.36. The van der Waals surface area contributed by atoms with Crippen LogP contribution in [0.3, 0.4) is 0 Å². The molecule has 1 unspecified atom stereocenters. The zero-order valence-electron chi connectivity index (χ0n) is 11.9. The van der Waals surface area contributed by atoms with Crippen molar-refractivity contribution < 1.29 is 23.1 Å². The van der Waals surface area contributed by atoms with Gasteiger partial charge in [-0.15, -0.1) is 6.58 Å². The number of rotatable bonds is 4. The number of nitrogens with one attached hydrogen (secondary N) is 1. The van der Waals surface area contributed by atoms with Gasteiger partial charge in [0.05, 0.1) is 6.04 Å². The molecule has 1 rings (SSSR count). The van der Waals surface area contributed by atoms with Gasteiger partial charge in [-0.1, -0.05) is 6.08 Å². The molecule has 7 heteroatoms. The van der Waals surface area contributed by atoms with Crippen molar-refractivity contribution in [2.45, 2.75) is 51.3 Å². The number of hydrogen-bond acceptors (Lipinski definition) is 3. The fraction of sp³-hybridized carbons (Fsp3) is 0.692. The number of alkyl carbamates (subject to hydrolysis) is 1. The Morgan fingerprint density at radius 1 is 1.45 bits per heavy atom. The van der Waals surface area contributed by atoms with Gasteiger partial charge in [-0.2, -0.15) is 0 Å². The maximum absolute atomic E-state index is 13.0. The molecule has 0 spiro atoms. The van der Waals surface area contributed by atoms with E-state index in [0.717, 1.165) is 0 Å². The van der Waals surface area contributed by atoms with Gasteiger partial charge >= 0.3 is 6.09 Å². The molecule has 1 N–H and O–H groups in total. The molecule has 0 aromatic carbocycles. The first-order chi connectivity index (χ1) is 9.15. The van der Waals surface area contributed by atoms with E-state index in [4.69, 9.17) is 4.74 Å². The van der Waals surface area contributed by atoms with Gasteiger partial charge in [-0.05, 0) is 27.2 Å². The third-order valence-corrected chi connectivity index (χ3v) is 2.81. The second-order valence-electron chi connectivity index (χ2n) is 5.58. The highest BCUT2D eigenvalue weighted by molar-refractivity contribution is 5.87. The predicted molar refractivity (Wildman–Crippen MR) is 69.5 cm³/mol.